The molecule has 0 N–H and O–H groups in total. The maximum atomic E-state index is 6.57. The lowest BCUT2D eigenvalue weighted by Gasteiger charge is -2.15. The van der Waals surface area contributed by atoms with Gasteiger partial charge in [-0.25, -0.2) is 0 Å². The molecule has 0 aliphatic carbocycles. The SMILES string of the molecule is Cc1ccccc1CC(Cl)c1cccc(Br)c1C. The molecule has 0 heterocycles. The molecule has 0 spiro atoms. The molecule has 2 aromatic rings. The molecule has 1 unspecified atom stereocenters. The van der Waals surface area contributed by atoms with Gasteiger partial charge in [0.2, 0.25) is 0 Å². The van der Waals surface area contributed by atoms with Crippen LogP contribution >= 0.6 is 27.5 Å². The summed E-state index contributed by atoms with van der Waals surface area (Å²) in [6.45, 7) is 4.24. The van der Waals surface area contributed by atoms with Crippen LogP contribution in [0.1, 0.15) is 27.6 Å². The van der Waals surface area contributed by atoms with Crippen molar-refractivity contribution in [1.82, 2.24) is 0 Å². The lowest BCUT2D eigenvalue weighted by molar-refractivity contribution is 0.900. The first-order chi connectivity index (χ1) is 8.59. The van der Waals surface area contributed by atoms with Gasteiger partial charge in [-0.05, 0) is 48.6 Å². The summed E-state index contributed by atoms with van der Waals surface area (Å²) >= 11 is 10.1. The second-order valence-corrected chi connectivity index (χ2v) is 5.93. The summed E-state index contributed by atoms with van der Waals surface area (Å²) in [5.41, 5.74) is 5.05. The van der Waals surface area contributed by atoms with Crippen LogP contribution in [0.3, 0.4) is 0 Å². The van der Waals surface area contributed by atoms with Crippen molar-refractivity contribution in [2.45, 2.75) is 25.6 Å². The molecule has 0 bridgehead atoms. The fraction of sp³-hybridized carbons (Fsp3) is 0.250. The molecule has 1 atom stereocenters. The third-order valence-corrected chi connectivity index (χ3v) is 4.56. The monoisotopic (exact) mass is 322 g/mol. The molecule has 0 fully saturated rings. The van der Waals surface area contributed by atoms with E-state index in [1.165, 1.54) is 22.3 Å². The molecule has 0 radical (unpaired) electrons. The predicted octanol–water partition coefficient (Wildman–Crippen LogP) is 5.59. The highest BCUT2D eigenvalue weighted by Crippen LogP contribution is 2.31. The average molecular weight is 324 g/mol. The summed E-state index contributed by atoms with van der Waals surface area (Å²) in [5, 5.41) is 0.0172. The second-order valence-electron chi connectivity index (χ2n) is 4.55. The topological polar surface area (TPSA) is 0 Å². The molecule has 2 rings (SSSR count). The van der Waals surface area contributed by atoms with E-state index >= 15 is 0 Å². The summed E-state index contributed by atoms with van der Waals surface area (Å²) < 4.78 is 1.12. The van der Waals surface area contributed by atoms with E-state index in [9.17, 15) is 0 Å². The van der Waals surface area contributed by atoms with Crippen molar-refractivity contribution < 1.29 is 0 Å². The van der Waals surface area contributed by atoms with Crippen LogP contribution in [-0.4, -0.2) is 0 Å². The van der Waals surface area contributed by atoms with Gasteiger partial charge in [0.15, 0.2) is 0 Å². The molecular formula is C16H16BrCl. The van der Waals surface area contributed by atoms with E-state index in [2.05, 4.69) is 66.2 Å². The van der Waals surface area contributed by atoms with Gasteiger partial charge in [0.05, 0.1) is 5.38 Å². The molecule has 0 aliphatic rings. The highest BCUT2D eigenvalue weighted by molar-refractivity contribution is 9.10. The highest BCUT2D eigenvalue weighted by atomic mass is 79.9. The summed E-state index contributed by atoms with van der Waals surface area (Å²) in [7, 11) is 0. The molecule has 0 saturated heterocycles. The fourth-order valence-electron chi connectivity index (χ4n) is 2.11. The molecule has 0 amide bonds. The van der Waals surface area contributed by atoms with Gasteiger partial charge in [0, 0.05) is 4.47 Å². The maximum absolute atomic E-state index is 6.57. The normalized spacial score (nSPS) is 12.4. The van der Waals surface area contributed by atoms with E-state index in [0.717, 1.165) is 10.9 Å². The van der Waals surface area contributed by atoms with Crippen LogP contribution in [0, 0.1) is 13.8 Å². The minimum absolute atomic E-state index is 0.0172. The van der Waals surface area contributed by atoms with Crippen LogP contribution < -0.4 is 0 Å². The summed E-state index contributed by atoms with van der Waals surface area (Å²) in [4.78, 5) is 0. The van der Waals surface area contributed by atoms with Crippen LogP contribution in [-0.2, 0) is 6.42 Å². The highest BCUT2D eigenvalue weighted by Gasteiger charge is 2.13. The standard InChI is InChI=1S/C16H16BrCl/c1-11-6-3-4-7-13(11)10-16(18)14-8-5-9-15(17)12(14)2/h3-9,16H,10H2,1-2H3. The number of hydrogen-bond acceptors (Lipinski definition) is 0. The van der Waals surface area contributed by atoms with Crippen molar-refractivity contribution in [3.05, 3.63) is 69.2 Å². The Bertz CT molecular complexity index is 549. The molecule has 2 heteroatoms. The predicted molar refractivity (Wildman–Crippen MR) is 82.4 cm³/mol. The van der Waals surface area contributed by atoms with Gasteiger partial charge in [-0.15, -0.1) is 11.6 Å². The average Bonchev–Trinajstić information content (AvgIpc) is 2.35. The quantitative estimate of drug-likeness (QED) is 0.646. The van der Waals surface area contributed by atoms with Crippen molar-refractivity contribution in [2.24, 2.45) is 0 Å². The van der Waals surface area contributed by atoms with E-state index in [0.29, 0.717) is 0 Å². The van der Waals surface area contributed by atoms with Crippen molar-refractivity contribution in [3.8, 4) is 0 Å². The maximum Gasteiger partial charge on any atom is 0.0628 e. The zero-order valence-corrected chi connectivity index (χ0v) is 12.9. The van der Waals surface area contributed by atoms with Crippen LogP contribution in [0.4, 0.5) is 0 Å². The molecule has 18 heavy (non-hydrogen) atoms. The Balaban J connectivity index is 2.25. The molecule has 94 valence electrons. The summed E-state index contributed by atoms with van der Waals surface area (Å²) in [6.07, 6.45) is 0.867. The molecule has 2 aromatic carbocycles. The van der Waals surface area contributed by atoms with Crippen LogP contribution in [0.25, 0.3) is 0 Å². The van der Waals surface area contributed by atoms with Gasteiger partial charge in [-0.3, -0.25) is 0 Å². The lowest BCUT2D eigenvalue weighted by atomic mass is 9.98. The Morgan fingerprint density at radius 2 is 1.78 bits per heavy atom. The Morgan fingerprint density at radius 1 is 1.06 bits per heavy atom. The zero-order chi connectivity index (χ0) is 13.1. The van der Waals surface area contributed by atoms with E-state index < -0.39 is 0 Å². The minimum atomic E-state index is 0.0172. The van der Waals surface area contributed by atoms with E-state index in [4.69, 9.17) is 11.6 Å². The van der Waals surface area contributed by atoms with Gasteiger partial charge >= 0.3 is 0 Å². The number of aryl methyl sites for hydroxylation is 1. The van der Waals surface area contributed by atoms with E-state index in [-0.39, 0.29) is 5.38 Å². The second kappa shape index (κ2) is 5.90. The zero-order valence-electron chi connectivity index (χ0n) is 10.6. The summed E-state index contributed by atoms with van der Waals surface area (Å²) in [5.74, 6) is 0. The van der Waals surface area contributed by atoms with Gasteiger partial charge in [0.1, 0.15) is 0 Å². The number of halogens is 2. The Hall–Kier alpha value is -0.790. The Morgan fingerprint density at radius 3 is 2.50 bits per heavy atom. The lowest BCUT2D eigenvalue weighted by Crippen LogP contribution is -2.00. The van der Waals surface area contributed by atoms with Crippen LogP contribution in [0.15, 0.2) is 46.9 Å². The third-order valence-electron chi connectivity index (χ3n) is 3.31. The van der Waals surface area contributed by atoms with Crippen molar-refractivity contribution >= 4 is 27.5 Å². The van der Waals surface area contributed by atoms with E-state index in [1.54, 1.807) is 0 Å². The van der Waals surface area contributed by atoms with Crippen molar-refractivity contribution in [1.29, 1.82) is 0 Å². The first kappa shape index (κ1) is 13.6. The molecule has 0 nitrogen and oxygen atoms in total. The first-order valence-corrected chi connectivity index (χ1v) is 7.26. The van der Waals surface area contributed by atoms with Gasteiger partial charge in [-0.2, -0.15) is 0 Å². The number of rotatable bonds is 3. The van der Waals surface area contributed by atoms with Crippen molar-refractivity contribution in [2.75, 3.05) is 0 Å². The van der Waals surface area contributed by atoms with Gasteiger partial charge in [-0.1, -0.05) is 52.3 Å². The molecule has 0 aromatic heterocycles. The van der Waals surface area contributed by atoms with Gasteiger partial charge in [0.25, 0.3) is 0 Å². The van der Waals surface area contributed by atoms with Crippen LogP contribution in [0.2, 0.25) is 0 Å². The summed E-state index contributed by atoms with van der Waals surface area (Å²) in [6, 6.07) is 14.6. The van der Waals surface area contributed by atoms with Crippen molar-refractivity contribution in [3.63, 3.8) is 0 Å². The Kier molecular flexibility index (Phi) is 4.47. The fourth-order valence-corrected chi connectivity index (χ4v) is 2.89. The molecule has 0 saturated carbocycles. The number of hydrogen-bond donors (Lipinski definition) is 0. The number of alkyl halides is 1. The van der Waals surface area contributed by atoms with Crippen LogP contribution in [0.5, 0.6) is 0 Å². The molecular weight excluding hydrogens is 308 g/mol. The third kappa shape index (κ3) is 2.96. The van der Waals surface area contributed by atoms with E-state index in [1.807, 2.05) is 6.07 Å². The largest absolute Gasteiger partial charge is 0.117 e. The number of benzene rings is 2. The Labute approximate surface area is 122 Å². The smallest absolute Gasteiger partial charge is 0.0628 e. The van der Waals surface area contributed by atoms with Gasteiger partial charge < -0.3 is 0 Å². The molecule has 0 aliphatic heterocycles. The minimum Gasteiger partial charge on any atom is -0.117 e. The first-order valence-electron chi connectivity index (χ1n) is 6.03.